The smallest absolute Gasteiger partial charge is 0.0591 e. The van der Waals surface area contributed by atoms with Crippen LogP contribution in [0, 0.1) is 0 Å². The van der Waals surface area contributed by atoms with Crippen LogP contribution in [0.25, 0.3) is 21.5 Å². The van der Waals surface area contributed by atoms with Crippen LogP contribution in [0.5, 0.6) is 0 Å². The molecule has 0 aliphatic carbocycles. The highest BCUT2D eigenvalue weighted by molar-refractivity contribution is 6.22. The Labute approximate surface area is 119 Å². The predicted octanol–water partition coefficient (Wildman–Crippen LogP) is 6.07. The number of hydrogen-bond donors (Lipinski definition) is 0. The SMILES string of the molecule is CCCC(Cl)c1cccc2cc3ccccc3cc12. The van der Waals surface area contributed by atoms with Crippen molar-refractivity contribution < 1.29 is 0 Å². The zero-order valence-corrected chi connectivity index (χ0v) is 11.8. The van der Waals surface area contributed by atoms with Crippen LogP contribution in [-0.4, -0.2) is 0 Å². The molecule has 0 aliphatic rings. The van der Waals surface area contributed by atoms with E-state index in [9.17, 15) is 0 Å². The number of halogens is 1. The van der Waals surface area contributed by atoms with Gasteiger partial charge in [-0.2, -0.15) is 0 Å². The fourth-order valence-electron chi connectivity index (χ4n) is 2.67. The maximum Gasteiger partial charge on any atom is 0.0591 e. The molecule has 3 aromatic rings. The van der Waals surface area contributed by atoms with E-state index in [1.807, 2.05) is 0 Å². The van der Waals surface area contributed by atoms with Crippen LogP contribution in [-0.2, 0) is 0 Å². The van der Waals surface area contributed by atoms with Gasteiger partial charge in [0.05, 0.1) is 5.38 Å². The van der Waals surface area contributed by atoms with Gasteiger partial charge in [0.25, 0.3) is 0 Å². The minimum atomic E-state index is 0.106. The van der Waals surface area contributed by atoms with Crippen molar-refractivity contribution in [1.29, 1.82) is 0 Å². The first-order valence-corrected chi connectivity index (χ1v) is 7.28. The first-order valence-electron chi connectivity index (χ1n) is 6.85. The van der Waals surface area contributed by atoms with Crippen molar-refractivity contribution in [2.75, 3.05) is 0 Å². The lowest BCUT2D eigenvalue weighted by Crippen LogP contribution is -1.91. The molecule has 19 heavy (non-hydrogen) atoms. The molecular formula is C18H17Cl. The average Bonchev–Trinajstić information content (AvgIpc) is 2.44. The van der Waals surface area contributed by atoms with E-state index < -0.39 is 0 Å². The molecule has 0 amide bonds. The molecule has 1 atom stereocenters. The number of hydrogen-bond acceptors (Lipinski definition) is 0. The molecule has 1 unspecified atom stereocenters. The second-order valence-electron chi connectivity index (χ2n) is 5.02. The molecule has 0 spiro atoms. The minimum Gasteiger partial charge on any atom is -0.118 e. The van der Waals surface area contributed by atoms with Gasteiger partial charge in [-0.25, -0.2) is 0 Å². The third kappa shape index (κ3) is 2.33. The lowest BCUT2D eigenvalue weighted by atomic mass is 9.97. The van der Waals surface area contributed by atoms with E-state index in [0.29, 0.717) is 0 Å². The molecule has 3 rings (SSSR count). The molecular weight excluding hydrogens is 252 g/mol. The van der Waals surface area contributed by atoms with Gasteiger partial charge in [0.2, 0.25) is 0 Å². The normalized spacial score (nSPS) is 12.9. The second-order valence-corrected chi connectivity index (χ2v) is 5.55. The van der Waals surface area contributed by atoms with Gasteiger partial charge in [-0.3, -0.25) is 0 Å². The summed E-state index contributed by atoms with van der Waals surface area (Å²) in [6.45, 7) is 2.18. The van der Waals surface area contributed by atoms with E-state index in [0.717, 1.165) is 12.8 Å². The molecule has 0 heterocycles. The number of rotatable bonds is 3. The highest BCUT2D eigenvalue weighted by Crippen LogP contribution is 2.33. The quantitative estimate of drug-likeness (QED) is 0.399. The maximum absolute atomic E-state index is 6.54. The summed E-state index contributed by atoms with van der Waals surface area (Å²) in [7, 11) is 0. The maximum atomic E-state index is 6.54. The largest absolute Gasteiger partial charge is 0.118 e. The van der Waals surface area contributed by atoms with Crippen LogP contribution in [0.15, 0.2) is 54.6 Å². The van der Waals surface area contributed by atoms with Gasteiger partial charge in [-0.05, 0) is 45.7 Å². The topological polar surface area (TPSA) is 0 Å². The minimum absolute atomic E-state index is 0.106. The molecule has 0 saturated heterocycles. The summed E-state index contributed by atoms with van der Waals surface area (Å²) >= 11 is 6.54. The second kappa shape index (κ2) is 5.22. The molecule has 0 aliphatic heterocycles. The third-order valence-corrected chi connectivity index (χ3v) is 4.11. The third-order valence-electron chi connectivity index (χ3n) is 3.66. The Kier molecular flexibility index (Phi) is 3.44. The number of benzene rings is 3. The molecule has 0 fully saturated rings. The number of fused-ring (bicyclic) bond motifs is 2. The van der Waals surface area contributed by atoms with Crippen molar-refractivity contribution in [3.63, 3.8) is 0 Å². The summed E-state index contributed by atoms with van der Waals surface area (Å²) in [6, 6.07) is 19.4. The summed E-state index contributed by atoms with van der Waals surface area (Å²) in [5.74, 6) is 0. The van der Waals surface area contributed by atoms with E-state index in [2.05, 4.69) is 61.5 Å². The standard InChI is InChI=1S/C18H17Cl/c1-2-6-18(19)16-10-5-9-15-11-13-7-3-4-8-14(13)12-17(15)16/h3-5,7-12,18H,2,6H2,1H3. The van der Waals surface area contributed by atoms with Gasteiger partial charge in [0, 0.05) is 0 Å². The van der Waals surface area contributed by atoms with E-state index in [1.54, 1.807) is 0 Å². The van der Waals surface area contributed by atoms with Gasteiger partial charge in [0.15, 0.2) is 0 Å². The van der Waals surface area contributed by atoms with Crippen molar-refractivity contribution >= 4 is 33.1 Å². The Morgan fingerprint density at radius 3 is 2.32 bits per heavy atom. The van der Waals surface area contributed by atoms with E-state index >= 15 is 0 Å². The van der Waals surface area contributed by atoms with Crippen LogP contribution in [0.4, 0.5) is 0 Å². The Hall–Kier alpha value is -1.53. The van der Waals surface area contributed by atoms with E-state index in [1.165, 1.54) is 27.1 Å². The van der Waals surface area contributed by atoms with Gasteiger partial charge in [0.1, 0.15) is 0 Å². The molecule has 96 valence electrons. The first-order chi connectivity index (χ1) is 9.29. The summed E-state index contributed by atoms with van der Waals surface area (Å²) in [4.78, 5) is 0. The monoisotopic (exact) mass is 268 g/mol. The fraction of sp³-hybridized carbons (Fsp3) is 0.222. The molecule has 0 aromatic heterocycles. The van der Waals surface area contributed by atoms with Gasteiger partial charge in [-0.15, -0.1) is 11.6 Å². The van der Waals surface area contributed by atoms with Crippen molar-refractivity contribution in [2.24, 2.45) is 0 Å². The number of alkyl halides is 1. The summed E-state index contributed by atoms with van der Waals surface area (Å²) in [6.07, 6.45) is 2.13. The van der Waals surface area contributed by atoms with Crippen molar-refractivity contribution in [1.82, 2.24) is 0 Å². The van der Waals surface area contributed by atoms with Crippen LogP contribution in [0.3, 0.4) is 0 Å². The van der Waals surface area contributed by atoms with Crippen LogP contribution < -0.4 is 0 Å². The van der Waals surface area contributed by atoms with Gasteiger partial charge >= 0.3 is 0 Å². The van der Waals surface area contributed by atoms with E-state index in [4.69, 9.17) is 11.6 Å². The molecule has 0 bridgehead atoms. The van der Waals surface area contributed by atoms with Crippen LogP contribution >= 0.6 is 11.6 Å². The highest BCUT2D eigenvalue weighted by atomic mass is 35.5. The molecule has 1 heteroatoms. The Bertz CT molecular complexity index is 715. The Balaban J connectivity index is 2.26. The Morgan fingerprint density at radius 1 is 0.895 bits per heavy atom. The van der Waals surface area contributed by atoms with Crippen molar-refractivity contribution in [3.05, 3.63) is 60.2 Å². The highest BCUT2D eigenvalue weighted by Gasteiger charge is 2.10. The van der Waals surface area contributed by atoms with Crippen LogP contribution in [0.2, 0.25) is 0 Å². The summed E-state index contributed by atoms with van der Waals surface area (Å²) in [5.41, 5.74) is 1.26. The van der Waals surface area contributed by atoms with Gasteiger partial charge < -0.3 is 0 Å². The van der Waals surface area contributed by atoms with Crippen LogP contribution in [0.1, 0.15) is 30.7 Å². The lowest BCUT2D eigenvalue weighted by Gasteiger charge is -2.13. The first kappa shape index (κ1) is 12.5. The molecule has 0 radical (unpaired) electrons. The molecule has 0 nitrogen and oxygen atoms in total. The van der Waals surface area contributed by atoms with E-state index in [-0.39, 0.29) is 5.38 Å². The van der Waals surface area contributed by atoms with Gasteiger partial charge in [-0.1, -0.05) is 55.8 Å². The van der Waals surface area contributed by atoms with Crippen molar-refractivity contribution in [3.8, 4) is 0 Å². The Morgan fingerprint density at radius 2 is 1.58 bits per heavy atom. The lowest BCUT2D eigenvalue weighted by molar-refractivity contribution is 0.774. The predicted molar refractivity (Wildman–Crippen MR) is 85.0 cm³/mol. The van der Waals surface area contributed by atoms with Crippen molar-refractivity contribution in [2.45, 2.75) is 25.1 Å². The fourth-order valence-corrected chi connectivity index (χ4v) is 3.08. The molecule has 3 aromatic carbocycles. The molecule has 0 N–H and O–H groups in total. The zero-order chi connectivity index (χ0) is 13.2. The summed E-state index contributed by atoms with van der Waals surface area (Å²) in [5, 5.41) is 5.24. The average molecular weight is 269 g/mol. The summed E-state index contributed by atoms with van der Waals surface area (Å²) < 4.78 is 0. The zero-order valence-electron chi connectivity index (χ0n) is 11.1. The molecule has 0 saturated carbocycles.